The summed E-state index contributed by atoms with van der Waals surface area (Å²) in [6.07, 6.45) is 1.64. The van der Waals surface area contributed by atoms with Gasteiger partial charge in [0.1, 0.15) is 5.69 Å². The minimum Gasteiger partial charge on any atom is -0.474 e. The van der Waals surface area contributed by atoms with E-state index in [0.29, 0.717) is 5.69 Å². The van der Waals surface area contributed by atoms with Gasteiger partial charge in [-0.15, -0.1) is 0 Å². The summed E-state index contributed by atoms with van der Waals surface area (Å²) in [5.74, 6) is -1.51. The molecule has 0 unspecified atom stereocenters. The summed E-state index contributed by atoms with van der Waals surface area (Å²) in [4.78, 5) is 18.2. The van der Waals surface area contributed by atoms with Gasteiger partial charge in [0.05, 0.1) is 0 Å². The molecule has 0 aromatic carbocycles. The highest BCUT2D eigenvalue weighted by Crippen LogP contribution is 2.12. The summed E-state index contributed by atoms with van der Waals surface area (Å²) in [6.45, 7) is 1.90. The molecule has 0 fully saturated rings. The second-order valence-electron chi connectivity index (χ2n) is 2.95. The number of aromatic nitrogens is 3. The Labute approximate surface area is 84.6 Å². The van der Waals surface area contributed by atoms with Crippen molar-refractivity contribution in [2.45, 2.75) is 6.92 Å². The zero-order valence-corrected chi connectivity index (χ0v) is 7.84. The molecule has 0 aliphatic carbocycles. The normalized spacial score (nSPS) is 10.2. The molecule has 6 heteroatoms. The fourth-order valence-corrected chi connectivity index (χ4v) is 1.01. The second kappa shape index (κ2) is 3.49. The number of hydrogen-bond acceptors (Lipinski definition) is 5. The van der Waals surface area contributed by atoms with Crippen LogP contribution in [0.2, 0.25) is 0 Å². The highest BCUT2D eigenvalue weighted by Gasteiger charge is 2.14. The maximum atomic E-state index is 10.5. The molecular formula is C9H7N3O3. The first-order valence-electron chi connectivity index (χ1n) is 4.17. The molecule has 0 aliphatic rings. The van der Waals surface area contributed by atoms with E-state index >= 15 is 0 Å². The molecular weight excluding hydrogens is 198 g/mol. The highest BCUT2D eigenvalue weighted by atomic mass is 16.5. The van der Waals surface area contributed by atoms with Crippen LogP contribution in [0, 0.1) is 6.92 Å². The number of aryl methyl sites for hydroxylation is 1. The third-order valence-corrected chi connectivity index (χ3v) is 1.75. The Morgan fingerprint density at radius 1 is 1.47 bits per heavy atom. The van der Waals surface area contributed by atoms with Gasteiger partial charge in [-0.1, -0.05) is 11.2 Å². The van der Waals surface area contributed by atoms with Crippen LogP contribution >= 0.6 is 0 Å². The van der Waals surface area contributed by atoms with Crippen LogP contribution in [0.15, 0.2) is 22.9 Å². The van der Waals surface area contributed by atoms with Gasteiger partial charge in [0.2, 0.25) is 5.82 Å². The van der Waals surface area contributed by atoms with Crippen molar-refractivity contribution in [3.8, 4) is 11.5 Å². The largest absolute Gasteiger partial charge is 0.474 e. The first kappa shape index (κ1) is 9.32. The first-order chi connectivity index (χ1) is 7.16. The fraction of sp³-hybridized carbons (Fsp3) is 0.111. The summed E-state index contributed by atoms with van der Waals surface area (Å²) >= 11 is 0. The van der Waals surface area contributed by atoms with E-state index in [1.165, 1.54) is 0 Å². The van der Waals surface area contributed by atoms with Crippen molar-refractivity contribution in [2.75, 3.05) is 0 Å². The topological polar surface area (TPSA) is 89.1 Å². The lowest BCUT2D eigenvalue weighted by Crippen LogP contribution is -1.95. The number of carbonyl (C=O) groups is 1. The van der Waals surface area contributed by atoms with Gasteiger partial charge in [-0.05, 0) is 18.6 Å². The number of rotatable bonds is 2. The van der Waals surface area contributed by atoms with Crippen LogP contribution in [-0.2, 0) is 0 Å². The smallest absolute Gasteiger partial charge is 0.394 e. The molecule has 2 rings (SSSR count). The van der Waals surface area contributed by atoms with Crippen LogP contribution in [0.25, 0.3) is 11.5 Å². The van der Waals surface area contributed by atoms with E-state index in [1.807, 2.05) is 13.0 Å². The molecule has 0 radical (unpaired) electrons. The molecule has 0 saturated carbocycles. The number of nitrogens with zero attached hydrogens (tertiary/aromatic N) is 3. The van der Waals surface area contributed by atoms with E-state index in [4.69, 9.17) is 5.11 Å². The van der Waals surface area contributed by atoms with Gasteiger partial charge in [0.15, 0.2) is 0 Å². The average Bonchev–Trinajstić information content (AvgIpc) is 2.68. The lowest BCUT2D eigenvalue weighted by Gasteiger charge is -1.93. The monoisotopic (exact) mass is 205 g/mol. The minimum atomic E-state index is -1.25. The molecule has 76 valence electrons. The number of carboxylic acid groups (broad SMARTS) is 1. The van der Waals surface area contributed by atoms with Crippen molar-refractivity contribution in [3.63, 3.8) is 0 Å². The van der Waals surface area contributed by atoms with E-state index in [0.717, 1.165) is 5.56 Å². The molecule has 0 saturated heterocycles. The van der Waals surface area contributed by atoms with Gasteiger partial charge in [-0.3, -0.25) is 4.98 Å². The summed E-state index contributed by atoms with van der Waals surface area (Å²) < 4.78 is 4.51. The Balaban J connectivity index is 2.37. The van der Waals surface area contributed by atoms with Crippen LogP contribution in [0.5, 0.6) is 0 Å². The van der Waals surface area contributed by atoms with Crippen LogP contribution < -0.4 is 0 Å². The Bertz CT molecular complexity index is 490. The molecule has 2 aromatic rings. The Kier molecular flexibility index (Phi) is 2.17. The summed E-state index contributed by atoms with van der Waals surface area (Å²) in [6, 6.07) is 3.53. The first-order valence-corrected chi connectivity index (χ1v) is 4.17. The second-order valence-corrected chi connectivity index (χ2v) is 2.95. The Morgan fingerprint density at radius 2 is 2.27 bits per heavy atom. The van der Waals surface area contributed by atoms with E-state index in [2.05, 4.69) is 19.6 Å². The molecule has 6 nitrogen and oxygen atoms in total. The van der Waals surface area contributed by atoms with E-state index < -0.39 is 11.9 Å². The van der Waals surface area contributed by atoms with Gasteiger partial charge in [0, 0.05) is 6.20 Å². The predicted octanol–water partition coefficient (Wildman–Crippen LogP) is 1.14. The third-order valence-electron chi connectivity index (χ3n) is 1.75. The number of pyridine rings is 1. The highest BCUT2D eigenvalue weighted by molar-refractivity contribution is 5.82. The van der Waals surface area contributed by atoms with Crippen LogP contribution in [0.1, 0.15) is 16.2 Å². The van der Waals surface area contributed by atoms with Crippen LogP contribution in [0.3, 0.4) is 0 Å². The molecule has 1 N–H and O–H groups in total. The average molecular weight is 205 g/mol. The quantitative estimate of drug-likeness (QED) is 0.790. The SMILES string of the molecule is Cc1ccc(-c2noc(C(=O)O)n2)nc1. The van der Waals surface area contributed by atoms with Crippen LogP contribution in [-0.4, -0.2) is 26.2 Å². The number of carboxylic acids is 1. The van der Waals surface area contributed by atoms with E-state index in [-0.39, 0.29) is 5.82 Å². The zero-order chi connectivity index (χ0) is 10.8. The van der Waals surface area contributed by atoms with Gasteiger partial charge in [0.25, 0.3) is 0 Å². The van der Waals surface area contributed by atoms with Gasteiger partial charge >= 0.3 is 11.9 Å². The van der Waals surface area contributed by atoms with Crippen molar-refractivity contribution in [3.05, 3.63) is 29.8 Å². The molecule has 0 spiro atoms. The molecule has 2 heterocycles. The maximum Gasteiger partial charge on any atom is 0.394 e. The van der Waals surface area contributed by atoms with Crippen LogP contribution in [0.4, 0.5) is 0 Å². The molecule has 0 amide bonds. The van der Waals surface area contributed by atoms with Crippen molar-refractivity contribution < 1.29 is 14.4 Å². The molecule has 0 atom stereocenters. The van der Waals surface area contributed by atoms with E-state index in [1.54, 1.807) is 12.3 Å². The standard InChI is InChI=1S/C9H7N3O3/c1-5-2-3-6(10-4-5)7-11-8(9(13)14)15-12-7/h2-4H,1H3,(H,13,14). The van der Waals surface area contributed by atoms with Crippen molar-refractivity contribution in [2.24, 2.45) is 0 Å². The lowest BCUT2D eigenvalue weighted by molar-refractivity contribution is 0.0643. The summed E-state index contributed by atoms with van der Waals surface area (Å²) in [7, 11) is 0. The van der Waals surface area contributed by atoms with E-state index in [9.17, 15) is 4.79 Å². The maximum absolute atomic E-state index is 10.5. The Hall–Kier alpha value is -2.24. The third kappa shape index (κ3) is 1.83. The van der Waals surface area contributed by atoms with Crippen molar-refractivity contribution in [1.29, 1.82) is 0 Å². The number of aromatic carboxylic acids is 1. The number of hydrogen-bond donors (Lipinski definition) is 1. The van der Waals surface area contributed by atoms with Gasteiger partial charge in [-0.2, -0.15) is 4.98 Å². The zero-order valence-electron chi connectivity index (χ0n) is 7.84. The summed E-state index contributed by atoms with van der Waals surface area (Å²) in [5.41, 5.74) is 1.48. The Morgan fingerprint density at radius 3 is 2.80 bits per heavy atom. The lowest BCUT2D eigenvalue weighted by atomic mass is 10.3. The van der Waals surface area contributed by atoms with Crippen molar-refractivity contribution >= 4 is 5.97 Å². The molecule has 0 aliphatic heterocycles. The molecule has 2 aromatic heterocycles. The summed E-state index contributed by atoms with van der Waals surface area (Å²) in [5, 5.41) is 12.1. The minimum absolute atomic E-state index is 0.174. The van der Waals surface area contributed by atoms with Gasteiger partial charge < -0.3 is 9.63 Å². The van der Waals surface area contributed by atoms with Gasteiger partial charge in [-0.25, -0.2) is 4.79 Å². The molecule has 0 bridgehead atoms. The fourth-order valence-electron chi connectivity index (χ4n) is 1.01. The van der Waals surface area contributed by atoms with Crippen molar-refractivity contribution in [1.82, 2.24) is 15.1 Å². The molecule has 15 heavy (non-hydrogen) atoms. The predicted molar refractivity (Wildman–Crippen MR) is 49.2 cm³/mol.